The van der Waals surface area contributed by atoms with E-state index in [-0.39, 0.29) is 0 Å². The van der Waals surface area contributed by atoms with Gasteiger partial charge in [-0.2, -0.15) is 0 Å². The first-order valence-electron chi connectivity index (χ1n) is 5.03. The highest BCUT2D eigenvalue weighted by atomic mass is 32.2. The molecular formula is C12H15NS. The van der Waals surface area contributed by atoms with E-state index in [1.165, 1.54) is 29.0 Å². The summed E-state index contributed by atoms with van der Waals surface area (Å²) in [5.74, 6) is 0. The largest absolute Gasteiger partial charge is 0.294 e. The van der Waals surface area contributed by atoms with E-state index in [0.717, 1.165) is 13.0 Å². The molecule has 14 heavy (non-hydrogen) atoms. The van der Waals surface area contributed by atoms with Crippen LogP contribution in [0.1, 0.15) is 18.4 Å². The molecule has 0 aliphatic carbocycles. The maximum atomic E-state index is 4.49. The molecule has 0 fully saturated rings. The van der Waals surface area contributed by atoms with Crippen molar-refractivity contribution in [2.75, 3.05) is 12.8 Å². The van der Waals surface area contributed by atoms with Gasteiger partial charge in [0.15, 0.2) is 0 Å². The molecule has 0 amide bonds. The predicted octanol–water partition coefficient (Wildman–Crippen LogP) is 3.19. The molecule has 0 spiro atoms. The van der Waals surface area contributed by atoms with Crippen LogP contribution in [0.4, 0.5) is 0 Å². The average Bonchev–Trinajstić information content (AvgIpc) is 2.72. The SMILES string of the molecule is CSc1ccc(CC2=NCCC2)cc1. The molecule has 1 aliphatic heterocycles. The van der Waals surface area contributed by atoms with Crippen LogP contribution >= 0.6 is 11.8 Å². The van der Waals surface area contributed by atoms with Crippen LogP contribution in [-0.2, 0) is 6.42 Å². The van der Waals surface area contributed by atoms with Crippen molar-refractivity contribution < 1.29 is 0 Å². The zero-order chi connectivity index (χ0) is 9.80. The van der Waals surface area contributed by atoms with Gasteiger partial charge in [-0.05, 0) is 36.8 Å². The third kappa shape index (κ3) is 2.38. The molecule has 1 heterocycles. The number of nitrogens with zero attached hydrogens (tertiary/aromatic N) is 1. The molecule has 0 radical (unpaired) electrons. The molecule has 0 bridgehead atoms. The second-order valence-electron chi connectivity index (χ2n) is 3.58. The minimum atomic E-state index is 1.04. The van der Waals surface area contributed by atoms with E-state index in [4.69, 9.17) is 0 Å². The van der Waals surface area contributed by atoms with Crippen LogP contribution in [0.25, 0.3) is 0 Å². The van der Waals surface area contributed by atoms with Crippen molar-refractivity contribution in [2.45, 2.75) is 24.2 Å². The number of hydrogen-bond acceptors (Lipinski definition) is 2. The highest BCUT2D eigenvalue weighted by Gasteiger charge is 2.06. The van der Waals surface area contributed by atoms with Crippen molar-refractivity contribution in [3.63, 3.8) is 0 Å². The predicted molar refractivity (Wildman–Crippen MR) is 63.5 cm³/mol. The van der Waals surface area contributed by atoms with Gasteiger partial charge in [-0.15, -0.1) is 11.8 Å². The Morgan fingerprint density at radius 3 is 2.64 bits per heavy atom. The van der Waals surface area contributed by atoms with Gasteiger partial charge in [-0.25, -0.2) is 0 Å². The molecular weight excluding hydrogens is 190 g/mol. The quantitative estimate of drug-likeness (QED) is 0.690. The van der Waals surface area contributed by atoms with Crippen molar-refractivity contribution in [2.24, 2.45) is 4.99 Å². The lowest BCUT2D eigenvalue weighted by atomic mass is 10.1. The maximum absolute atomic E-state index is 4.49. The van der Waals surface area contributed by atoms with Gasteiger partial charge in [-0.3, -0.25) is 4.99 Å². The summed E-state index contributed by atoms with van der Waals surface area (Å²) < 4.78 is 0. The second-order valence-corrected chi connectivity index (χ2v) is 4.46. The van der Waals surface area contributed by atoms with Crippen LogP contribution in [0.5, 0.6) is 0 Å². The molecule has 0 atom stereocenters. The van der Waals surface area contributed by atoms with Gasteiger partial charge in [0.1, 0.15) is 0 Å². The second kappa shape index (κ2) is 4.65. The summed E-state index contributed by atoms with van der Waals surface area (Å²) in [5, 5.41) is 0. The van der Waals surface area contributed by atoms with Gasteiger partial charge in [0.2, 0.25) is 0 Å². The van der Waals surface area contributed by atoms with Gasteiger partial charge >= 0.3 is 0 Å². The standard InChI is InChI=1S/C12H15NS/c1-14-12-6-4-10(5-7-12)9-11-3-2-8-13-11/h4-7H,2-3,8-9H2,1H3. The lowest BCUT2D eigenvalue weighted by Crippen LogP contribution is -1.98. The summed E-state index contributed by atoms with van der Waals surface area (Å²) in [4.78, 5) is 5.82. The Kier molecular flexibility index (Phi) is 3.25. The van der Waals surface area contributed by atoms with E-state index in [9.17, 15) is 0 Å². The molecule has 0 aromatic heterocycles. The third-order valence-corrected chi connectivity index (χ3v) is 3.27. The summed E-state index contributed by atoms with van der Waals surface area (Å²) in [6, 6.07) is 8.81. The van der Waals surface area contributed by atoms with Gasteiger partial charge < -0.3 is 0 Å². The number of aliphatic imine (C=N–C) groups is 1. The topological polar surface area (TPSA) is 12.4 Å². The van der Waals surface area contributed by atoms with Crippen LogP contribution in [0.15, 0.2) is 34.2 Å². The van der Waals surface area contributed by atoms with Crippen molar-refractivity contribution in [1.82, 2.24) is 0 Å². The van der Waals surface area contributed by atoms with E-state index < -0.39 is 0 Å². The monoisotopic (exact) mass is 205 g/mol. The van der Waals surface area contributed by atoms with Crippen LogP contribution in [0.3, 0.4) is 0 Å². The lowest BCUT2D eigenvalue weighted by Gasteiger charge is -2.02. The molecule has 1 nitrogen and oxygen atoms in total. The molecule has 0 N–H and O–H groups in total. The molecule has 0 saturated carbocycles. The smallest absolute Gasteiger partial charge is 0.0392 e. The summed E-state index contributed by atoms with van der Waals surface area (Å²) in [6.07, 6.45) is 5.60. The van der Waals surface area contributed by atoms with Gasteiger partial charge in [0.25, 0.3) is 0 Å². The van der Waals surface area contributed by atoms with Crippen molar-refractivity contribution in [3.8, 4) is 0 Å². The third-order valence-electron chi connectivity index (χ3n) is 2.53. The molecule has 0 unspecified atom stereocenters. The van der Waals surface area contributed by atoms with E-state index in [0.29, 0.717) is 0 Å². The summed E-state index contributed by atoms with van der Waals surface area (Å²) in [6.45, 7) is 1.04. The number of thioether (sulfide) groups is 1. The van der Waals surface area contributed by atoms with E-state index in [1.807, 2.05) is 0 Å². The molecule has 2 heteroatoms. The van der Waals surface area contributed by atoms with Crippen molar-refractivity contribution in [3.05, 3.63) is 29.8 Å². The molecule has 1 aliphatic rings. The van der Waals surface area contributed by atoms with Crippen LogP contribution in [-0.4, -0.2) is 18.5 Å². The first kappa shape index (κ1) is 9.78. The lowest BCUT2D eigenvalue weighted by molar-refractivity contribution is 0.949. The summed E-state index contributed by atoms with van der Waals surface area (Å²) >= 11 is 1.79. The Morgan fingerprint density at radius 1 is 1.29 bits per heavy atom. The molecule has 2 rings (SSSR count). The van der Waals surface area contributed by atoms with Crippen LogP contribution < -0.4 is 0 Å². The van der Waals surface area contributed by atoms with Crippen LogP contribution in [0, 0.1) is 0 Å². The van der Waals surface area contributed by atoms with Gasteiger partial charge in [0.05, 0.1) is 0 Å². The summed E-state index contributed by atoms with van der Waals surface area (Å²) in [5.41, 5.74) is 2.77. The minimum Gasteiger partial charge on any atom is -0.294 e. The number of rotatable bonds is 3. The Bertz CT molecular complexity index is 327. The van der Waals surface area contributed by atoms with Crippen LogP contribution in [0.2, 0.25) is 0 Å². The Morgan fingerprint density at radius 2 is 2.07 bits per heavy atom. The fourth-order valence-electron chi connectivity index (χ4n) is 1.72. The highest BCUT2D eigenvalue weighted by molar-refractivity contribution is 7.98. The first-order valence-corrected chi connectivity index (χ1v) is 6.26. The molecule has 74 valence electrons. The zero-order valence-corrected chi connectivity index (χ0v) is 9.31. The van der Waals surface area contributed by atoms with E-state index in [2.05, 4.69) is 35.5 Å². The Hall–Kier alpha value is -0.760. The zero-order valence-electron chi connectivity index (χ0n) is 8.49. The fraction of sp³-hybridized carbons (Fsp3) is 0.417. The molecule has 0 saturated heterocycles. The van der Waals surface area contributed by atoms with E-state index in [1.54, 1.807) is 11.8 Å². The van der Waals surface area contributed by atoms with Gasteiger partial charge in [-0.1, -0.05) is 12.1 Å². The highest BCUT2D eigenvalue weighted by Crippen LogP contribution is 2.16. The normalized spacial score (nSPS) is 15.6. The number of hydrogen-bond donors (Lipinski definition) is 0. The van der Waals surface area contributed by atoms with Crippen molar-refractivity contribution >= 4 is 17.5 Å². The maximum Gasteiger partial charge on any atom is 0.0392 e. The van der Waals surface area contributed by atoms with Gasteiger partial charge in [0, 0.05) is 23.6 Å². The number of benzene rings is 1. The van der Waals surface area contributed by atoms with E-state index >= 15 is 0 Å². The average molecular weight is 205 g/mol. The fourth-order valence-corrected chi connectivity index (χ4v) is 2.13. The summed E-state index contributed by atoms with van der Waals surface area (Å²) in [7, 11) is 0. The van der Waals surface area contributed by atoms with Crippen molar-refractivity contribution in [1.29, 1.82) is 0 Å². The minimum absolute atomic E-state index is 1.04. The molecule has 1 aromatic carbocycles. The first-order chi connectivity index (χ1) is 6.88. The Balaban J connectivity index is 2.02. The Labute approximate surface area is 89.6 Å². The molecule has 1 aromatic rings.